The second-order valence-electron chi connectivity index (χ2n) is 6.68. The molecule has 0 fully saturated rings. The van der Waals surface area contributed by atoms with Gasteiger partial charge in [0, 0.05) is 54.5 Å². The van der Waals surface area contributed by atoms with Crippen LogP contribution in [0.3, 0.4) is 0 Å². The number of rotatable bonds is 5. The summed E-state index contributed by atoms with van der Waals surface area (Å²) in [4.78, 5) is 4.52. The minimum atomic E-state index is -3.78. The molecule has 4 aromatic rings. The lowest BCUT2D eigenvalue weighted by atomic mass is 10.1. The Bertz CT molecular complexity index is 1260. The molecule has 0 unspecified atom stereocenters. The van der Waals surface area contributed by atoms with Crippen molar-refractivity contribution in [3.63, 3.8) is 0 Å². The number of nitrogens with zero attached hydrogens (tertiary/aromatic N) is 4. The average molecular weight is 396 g/mol. The van der Waals surface area contributed by atoms with Crippen LogP contribution in [0.5, 0.6) is 0 Å². The number of hydrogen-bond acceptors (Lipinski definition) is 4. The highest BCUT2D eigenvalue weighted by atomic mass is 32.2. The maximum Gasteiger partial charge on any atom is 0.296 e. The Morgan fingerprint density at radius 1 is 1.11 bits per heavy atom. The number of nitrogens with two attached hydrogens (primary N) is 1. The zero-order valence-corrected chi connectivity index (χ0v) is 16.3. The lowest BCUT2D eigenvalue weighted by Gasteiger charge is -2.11. The van der Waals surface area contributed by atoms with Crippen molar-refractivity contribution in [2.75, 3.05) is 4.72 Å². The van der Waals surface area contributed by atoms with Gasteiger partial charge in [-0.1, -0.05) is 12.1 Å². The topological polar surface area (TPSA) is 108 Å². The van der Waals surface area contributed by atoms with Crippen molar-refractivity contribution in [1.29, 1.82) is 0 Å². The van der Waals surface area contributed by atoms with Crippen LogP contribution in [0, 0.1) is 6.92 Å². The molecule has 28 heavy (non-hydrogen) atoms. The highest BCUT2D eigenvalue weighted by Gasteiger charge is 2.15. The average Bonchev–Trinajstić information content (AvgIpc) is 3.22. The predicted octanol–water partition coefficient (Wildman–Crippen LogP) is 2.41. The van der Waals surface area contributed by atoms with Gasteiger partial charge in [0.15, 0.2) is 0 Å². The SMILES string of the molecule is Cc1ncc2ccn(Cc3ccc(NS(N)(=O)=O)cc3)c2c1-c1ccn(C)n1. The summed E-state index contributed by atoms with van der Waals surface area (Å²) in [6.45, 7) is 2.61. The van der Waals surface area contributed by atoms with E-state index >= 15 is 0 Å². The van der Waals surface area contributed by atoms with E-state index in [0.29, 0.717) is 12.2 Å². The van der Waals surface area contributed by atoms with Crippen LogP contribution in [0.15, 0.2) is 55.0 Å². The number of nitrogens with one attached hydrogen (secondary N) is 1. The van der Waals surface area contributed by atoms with E-state index in [-0.39, 0.29) is 0 Å². The summed E-state index contributed by atoms with van der Waals surface area (Å²) in [6.07, 6.45) is 5.81. The first-order chi connectivity index (χ1) is 13.3. The van der Waals surface area contributed by atoms with Crippen LogP contribution in [-0.2, 0) is 23.8 Å². The maximum absolute atomic E-state index is 11.1. The summed E-state index contributed by atoms with van der Waals surface area (Å²) in [5.41, 5.74) is 5.33. The van der Waals surface area contributed by atoms with Crippen molar-refractivity contribution in [1.82, 2.24) is 19.3 Å². The van der Waals surface area contributed by atoms with Crippen LogP contribution >= 0.6 is 0 Å². The van der Waals surface area contributed by atoms with Gasteiger partial charge in [0.1, 0.15) is 0 Å². The molecule has 0 spiro atoms. The minimum absolute atomic E-state index is 0.429. The predicted molar refractivity (Wildman–Crippen MR) is 109 cm³/mol. The molecule has 0 aliphatic heterocycles. The van der Waals surface area contributed by atoms with Crippen LogP contribution in [-0.4, -0.2) is 27.7 Å². The van der Waals surface area contributed by atoms with Crippen LogP contribution in [0.4, 0.5) is 5.69 Å². The van der Waals surface area contributed by atoms with Crippen molar-refractivity contribution in [3.05, 3.63) is 66.2 Å². The largest absolute Gasteiger partial charge is 0.342 e. The van der Waals surface area contributed by atoms with Crippen LogP contribution in [0.2, 0.25) is 0 Å². The quantitative estimate of drug-likeness (QED) is 0.540. The monoisotopic (exact) mass is 396 g/mol. The molecule has 0 amide bonds. The van der Waals surface area contributed by atoms with E-state index in [1.807, 2.05) is 56.8 Å². The number of pyridine rings is 1. The summed E-state index contributed by atoms with van der Waals surface area (Å²) in [5, 5.41) is 10.6. The van der Waals surface area contributed by atoms with Gasteiger partial charge in [0.2, 0.25) is 0 Å². The van der Waals surface area contributed by atoms with Crippen molar-refractivity contribution in [3.8, 4) is 11.3 Å². The van der Waals surface area contributed by atoms with E-state index in [4.69, 9.17) is 5.14 Å². The van der Waals surface area contributed by atoms with Gasteiger partial charge >= 0.3 is 0 Å². The lowest BCUT2D eigenvalue weighted by Crippen LogP contribution is -2.21. The van der Waals surface area contributed by atoms with Crippen LogP contribution in [0.1, 0.15) is 11.3 Å². The maximum atomic E-state index is 11.1. The van der Waals surface area contributed by atoms with Gasteiger partial charge in [-0.2, -0.15) is 13.5 Å². The minimum Gasteiger partial charge on any atom is -0.342 e. The summed E-state index contributed by atoms with van der Waals surface area (Å²) >= 11 is 0. The molecule has 1 aromatic carbocycles. The Hall–Kier alpha value is -3.17. The summed E-state index contributed by atoms with van der Waals surface area (Å²) < 4.78 is 28.5. The number of aryl methyl sites for hydroxylation is 2. The van der Waals surface area contributed by atoms with Gasteiger partial charge in [0.25, 0.3) is 10.2 Å². The van der Waals surface area contributed by atoms with Gasteiger partial charge < -0.3 is 4.57 Å². The van der Waals surface area contributed by atoms with E-state index in [9.17, 15) is 8.42 Å². The van der Waals surface area contributed by atoms with Crippen LogP contribution in [0.25, 0.3) is 22.2 Å². The third-order valence-corrected chi connectivity index (χ3v) is 5.05. The Labute approximate surface area is 162 Å². The van der Waals surface area contributed by atoms with Crippen LogP contribution < -0.4 is 9.86 Å². The van der Waals surface area contributed by atoms with Crippen molar-refractivity contribution >= 4 is 26.8 Å². The number of fused-ring (bicyclic) bond motifs is 1. The van der Waals surface area contributed by atoms with Crippen molar-refractivity contribution in [2.45, 2.75) is 13.5 Å². The molecular weight excluding hydrogens is 376 g/mol. The first-order valence-corrected chi connectivity index (χ1v) is 10.2. The van der Waals surface area contributed by atoms with Gasteiger partial charge in [-0.3, -0.25) is 14.4 Å². The number of anilines is 1. The lowest BCUT2D eigenvalue weighted by molar-refractivity contribution is 0.603. The van der Waals surface area contributed by atoms with Gasteiger partial charge in [-0.25, -0.2) is 5.14 Å². The summed E-state index contributed by atoms with van der Waals surface area (Å²) in [6, 6.07) is 11.1. The molecule has 0 radical (unpaired) electrons. The van der Waals surface area contributed by atoms with Gasteiger partial charge in [-0.05, 0) is 36.8 Å². The van der Waals surface area contributed by atoms with Gasteiger partial charge in [0.05, 0.1) is 11.2 Å². The number of aromatic nitrogens is 4. The highest BCUT2D eigenvalue weighted by Crippen LogP contribution is 2.30. The van der Waals surface area contributed by atoms with E-state index in [1.54, 1.807) is 16.8 Å². The molecule has 3 aromatic heterocycles. The zero-order valence-electron chi connectivity index (χ0n) is 15.5. The summed E-state index contributed by atoms with van der Waals surface area (Å²) in [7, 11) is -1.89. The second kappa shape index (κ2) is 6.77. The van der Waals surface area contributed by atoms with Crippen molar-refractivity contribution in [2.24, 2.45) is 12.2 Å². The fraction of sp³-hybridized carbons (Fsp3) is 0.158. The number of benzene rings is 1. The van der Waals surface area contributed by atoms with E-state index in [1.165, 1.54) is 0 Å². The first kappa shape index (κ1) is 18.2. The molecule has 0 saturated heterocycles. The first-order valence-electron chi connectivity index (χ1n) is 8.64. The molecule has 3 N–H and O–H groups in total. The number of hydrogen-bond donors (Lipinski definition) is 2. The Balaban J connectivity index is 1.73. The third-order valence-electron chi connectivity index (χ3n) is 4.53. The molecular formula is C19H20N6O2S. The molecule has 0 aliphatic rings. The molecule has 144 valence electrons. The molecule has 0 aliphatic carbocycles. The molecule has 9 heteroatoms. The van der Waals surface area contributed by atoms with E-state index in [2.05, 4.69) is 19.4 Å². The normalized spacial score (nSPS) is 11.8. The summed E-state index contributed by atoms with van der Waals surface area (Å²) in [5.74, 6) is 0. The molecule has 8 nitrogen and oxygen atoms in total. The molecule has 0 saturated carbocycles. The standard InChI is InChI=1S/C19H20N6O2S/c1-13-18(17-8-9-24(2)22-17)19-15(11-21-13)7-10-25(19)12-14-3-5-16(6-4-14)23-28(20,26)27/h3-11,23H,12H2,1-2H3,(H2,20,26,27). The molecule has 4 rings (SSSR count). The Morgan fingerprint density at radius 2 is 1.86 bits per heavy atom. The van der Waals surface area contributed by atoms with Gasteiger partial charge in [-0.15, -0.1) is 0 Å². The third kappa shape index (κ3) is 3.62. The fourth-order valence-corrected chi connectivity index (χ4v) is 3.77. The molecule has 0 atom stereocenters. The smallest absolute Gasteiger partial charge is 0.296 e. The Kier molecular flexibility index (Phi) is 4.40. The highest BCUT2D eigenvalue weighted by molar-refractivity contribution is 7.90. The van der Waals surface area contributed by atoms with E-state index < -0.39 is 10.2 Å². The fourth-order valence-electron chi connectivity index (χ4n) is 3.31. The van der Waals surface area contributed by atoms with E-state index in [0.717, 1.165) is 33.4 Å². The van der Waals surface area contributed by atoms with Crippen molar-refractivity contribution < 1.29 is 8.42 Å². The Morgan fingerprint density at radius 3 is 2.50 bits per heavy atom. The molecule has 3 heterocycles. The second-order valence-corrected chi connectivity index (χ2v) is 7.98. The zero-order chi connectivity index (χ0) is 19.9. The molecule has 0 bridgehead atoms.